The van der Waals surface area contributed by atoms with Crippen molar-refractivity contribution in [1.82, 2.24) is 0 Å². The smallest absolute Gasteiger partial charge is 0.0148 e. The minimum Gasteiger partial charge on any atom is -0.0622 e. The molecule has 0 saturated carbocycles. The van der Waals surface area contributed by atoms with Crippen molar-refractivity contribution in [2.75, 3.05) is 0 Å². The third kappa shape index (κ3) is 3.60. The van der Waals surface area contributed by atoms with Gasteiger partial charge in [-0.3, -0.25) is 0 Å². The average molecular weight is 421 g/mol. The molecule has 0 atom stereocenters. The Balaban J connectivity index is 1.33. The molecule has 6 aromatic carbocycles. The van der Waals surface area contributed by atoms with Gasteiger partial charge in [-0.1, -0.05) is 115 Å². The van der Waals surface area contributed by atoms with Crippen LogP contribution in [0.15, 0.2) is 127 Å². The van der Waals surface area contributed by atoms with E-state index in [1.54, 1.807) is 0 Å². The monoisotopic (exact) mass is 420 g/mol. The van der Waals surface area contributed by atoms with Gasteiger partial charge in [0, 0.05) is 0 Å². The van der Waals surface area contributed by atoms with E-state index in [1.165, 1.54) is 60.5 Å². The van der Waals surface area contributed by atoms with Crippen molar-refractivity contribution in [3.63, 3.8) is 0 Å². The van der Waals surface area contributed by atoms with Crippen molar-refractivity contribution in [2.45, 2.75) is 6.92 Å². The van der Waals surface area contributed by atoms with Crippen LogP contribution >= 0.6 is 0 Å². The maximum absolute atomic E-state index is 2.29. The van der Waals surface area contributed by atoms with Gasteiger partial charge in [-0.2, -0.15) is 0 Å². The van der Waals surface area contributed by atoms with Gasteiger partial charge in [0.1, 0.15) is 0 Å². The minimum atomic E-state index is 1.24. The summed E-state index contributed by atoms with van der Waals surface area (Å²) in [6, 6.07) is 46.1. The topological polar surface area (TPSA) is 0 Å². The summed E-state index contributed by atoms with van der Waals surface area (Å²) >= 11 is 0. The van der Waals surface area contributed by atoms with Crippen LogP contribution in [0.25, 0.3) is 54.9 Å². The molecule has 0 amide bonds. The highest BCUT2D eigenvalue weighted by atomic mass is 14.1. The van der Waals surface area contributed by atoms with Crippen LogP contribution in [-0.4, -0.2) is 0 Å². The quantitative estimate of drug-likeness (QED) is 0.267. The van der Waals surface area contributed by atoms with Gasteiger partial charge in [0.25, 0.3) is 0 Å². The van der Waals surface area contributed by atoms with Crippen LogP contribution in [0.3, 0.4) is 0 Å². The highest BCUT2D eigenvalue weighted by Crippen LogP contribution is 2.32. The van der Waals surface area contributed by atoms with E-state index in [0.717, 1.165) is 0 Å². The van der Waals surface area contributed by atoms with Gasteiger partial charge in [-0.05, 0) is 79.5 Å². The molecule has 33 heavy (non-hydrogen) atoms. The normalized spacial score (nSPS) is 11.2. The number of hydrogen-bond acceptors (Lipinski definition) is 0. The fourth-order valence-electron chi connectivity index (χ4n) is 4.82. The summed E-state index contributed by atoms with van der Waals surface area (Å²) in [6.07, 6.45) is 0. The van der Waals surface area contributed by atoms with Gasteiger partial charge in [0.2, 0.25) is 0 Å². The molecule has 0 unspecified atom stereocenters. The Morgan fingerprint density at radius 3 is 1.58 bits per heavy atom. The molecule has 0 bridgehead atoms. The first-order chi connectivity index (χ1) is 16.3. The number of aryl methyl sites for hydroxylation is 1. The Morgan fingerprint density at radius 1 is 0.364 bits per heavy atom. The van der Waals surface area contributed by atoms with Crippen molar-refractivity contribution >= 4 is 21.5 Å². The van der Waals surface area contributed by atoms with E-state index in [2.05, 4.69) is 134 Å². The average Bonchev–Trinajstić information content (AvgIpc) is 2.89. The third-order valence-corrected chi connectivity index (χ3v) is 6.67. The summed E-state index contributed by atoms with van der Waals surface area (Å²) in [5.74, 6) is 0. The molecule has 0 aliphatic rings. The predicted molar refractivity (Wildman–Crippen MR) is 142 cm³/mol. The lowest BCUT2D eigenvalue weighted by molar-refractivity contribution is 1.50. The van der Waals surface area contributed by atoms with Gasteiger partial charge < -0.3 is 0 Å². The first-order valence-electron chi connectivity index (χ1n) is 11.4. The fraction of sp³-hybridized carbons (Fsp3) is 0.0303. The zero-order valence-electron chi connectivity index (χ0n) is 18.6. The van der Waals surface area contributed by atoms with E-state index in [1.807, 2.05) is 0 Å². The van der Waals surface area contributed by atoms with Crippen LogP contribution in [0.1, 0.15) is 5.56 Å². The van der Waals surface area contributed by atoms with Gasteiger partial charge in [0.05, 0.1) is 0 Å². The maximum Gasteiger partial charge on any atom is -0.0148 e. The molecule has 0 heteroatoms. The van der Waals surface area contributed by atoms with Crippen LogP contribution in [0.5, 0.6) is 0 Å². The van der Waals surface area contributed by atoms with E-state index < -0.39 is 0 Å². The number of benzene rings is 6. The summed E-state index contributed by atoms with van der Waals surface area (Å²) in [5.41, 5.74) is 8.89. The van der Waals surface area contributed by atoms with E-state index in [4.69, 9.17) is 0 Å². The van der Waals surface area contributed by atoms with Crippen LogP contribution in [0, 0.1) is 6.92 Å². The van der Waals surface area contributed by atoms with Gasteiger partial charge in [-0.25, -0.2) is 0 Å². The molecule has 0 N–H and O–H groups in total. The fourth-order valence-corrected chi connectivity index (χ4v) is 4.82. The second-order valence-corrected chi connectivity index (χ2v) is 8.68. The SMILES string of the molecule is Cc1c(-c2ccc(-c3ccc4cc(-c5ccccc5)ccc4c3)cc2)ccc2ccccc12. The summed E-state index contributed by atoms with van der Waals surface area (Å²) < 4.78 is 0. The lowest BCUT2D eigenvalue weighted by Crippen LogP contribution is -1.86. The van der Waals surface area contributed by atoms with Gasteiger partial charge in [0.15, 0.2) is 0 Å². The molecule has 0 fully saturated rings. The molecule has 0 aromatic heterocycles. The van der Waals surface area contributed by atoms with Gasteiger partial charge in [-0.15, -0.1) is 0 Å². The van der Waals surface area contributed by atoms with Crippen LogP contribution in [-0.2, 0) is 0 Å². The minimum absolute atomic E-state index is 1.24. The lowest BCUT2D eigenvalue weighted by Gasteiger charge is -2.11. The Labute approximate surface area is 194 Å². The molecule has 6 aromatic rings. The highest BCUT2D eigenvalue weighted by Gasteiger charge is 2.07. The summed E-state index contributed by atoms with van der Waals surface area (Å²) in [7, 11) is 0. The molecule has 0 spiro atoms. The third-order valence-electron chi connectivity index (χ3n) is 6.67. The highest BCUT2D eigenvalue weighted by molar-refractivity contribution is 5.93. The first kappa shape index (κ1) is 19.5. The largest absolute Gasteiger partial charge is 0.0622 e. The summed E-state index contributed by atoms with van der Waals surface area (Å²) in [5, 5.41) is 5.15. The van der Waals surface area contributed by atoms with Crippen molar-refractivity contribution in [1.29, 1.82) is 0 Å². The van der Waals surface area contributed by atoms with Crippen molar-refractivity contribution in [3.8, 4) is 33.4 Å². The predicted octanol–water partition coefficient (Wildman–Crippen LogP) is 9.30. The molecular formula is C33H24. The van der Waals surface area contributed by atoms with E-state index in [-0.39, 0.29) is 0 Å². The second kappa shape index (κ2) is 8.07. The Hall–Kier alpha value is -4.16. The number of hydrogen-bond donors (Lipinski definition) is 0. The van der Waals surface area contributed by atoms with Crippen LogP contribution < -0.4 is 0 Å². The molecule has 0 nitrogen and oxygen atoms in total. The molecule has 0 saturated heterocycles. The van der Waals surface area contributed by atoms with E-state index in [0.29, 0.717) is 0 Å². The maximum atomic E-state index is 2.29. The zero-order valence-corrected chi connectivity index (χ0v) is 18.6. The summed E-state index contributed by atoms with van der Waals surface area (Å²) in [6.45, 7) is 2.22. The molecular weight excluding hydrogens is 396 g/mol. The second-order valence-electron chi connectivity index (χ2n) is 8.68. The first-order valence-corrected chi connectivity index (χ1v) is 11.4. The Kier molecular flexibility index (Phi) is 4.78. The van der Waals surface area contributed by atoms with Gasteiger partial charge >= 0.3 is 0 Å². The molecule has 0 aliphatic heterocycles. The number of fused-ring (bicyclic) bond motifs is 2. The molecule has 0 radical (unpaired) electrons. The van der Waals surface area contributed by atoms with Crippen LogP contribution in [0.2, 0.25) is 0 Å². The molecule has 0 aliphatic carbocycles. The lowest BCUT2D eigenvalue weighted by atomic mass is 9.93. The Morgan fingerprint density at radius 2 is 0.879 bits per heavy atom. The van der Waals surface area contributed by atoms with Crippen LogP contribution in [0.4, 0.5) is 0 Å². The number of rotatable bonds is 3. The van der Waals surface area contributed by atoms with Crippen molar-refractivity contribution in [2.24, 2.45) is 0 Å². The van der Waals surface area contributed by atoms with E-state index >= 15 is 0 Å². The van der Waals surface area contributed by atoms with Crippen molar-refractivity contribution < 1.29 is 0 Å². The summed E-state index contributed by atoms with van der Waals surface area (Å²) in [4.78, 5) is 0. The molecule has 156 valence electrons. The molecule has 6 rings (SSSR count). The molecule has 0 heterocycles. The van der Waals surface area contributed by atoms with Crippen molar-refractivity contribution in [3.05, 3.63) is 133 Å². The standard InChI is InChI=1S/C33H24/c1-23-32-10-6-5-9-26(32)19-20-33(23)27-13-11-25(12-14-27)29-16-18-30-21-28(15-17-31(30)22-29)24-7-3-2-4-8-24/h2-22H,1H3. The van der Waals surface area contributed by atoms with E-state index in [9.17, 15) is 0 Å². The zero-order chi connectivity index (χ0) is 22.2. The Bertz CT molecular complexity index is 1590.